The van der Waals surface area contributed by atoms with Crippen molar-refractivity contribution in [3.8, 4) is 0 Å². The Morgan fingerprint density at radius 3 is 2.49 bits per heavy atom. The van der Waals surface area contributed by atoms with Gasteiger partial charge in [-0.3, -0.25) is 9.52 Å². The van der Waals surface area contributed by atoms with Crippen LogP contribution in [0.25, 0.3) is 21.3 Å². The van der Waals surface area contributed by atoms with E-state index < -0.39 is 39.0 Å². The van der Waals surface area contributed by atoms with Crippen LogP contribution in [0.2, 0.25) is 0 Å². The fourth-order valence-corrected chi connectivity index (χ4v) is 6.97. The van der Waals surface area contributed by atoms with Crippen molar-refractivity contribution < 1.29 is 26.4 Å². The summed E-state index contributed by atoms with van der Waals surface area (Å²) in [6.45, 7) is 0. The molecule has 1 amide bonds. The average Bonchev–Trinajstić information content (AvgIpc) is 3.56. The van der Waals surface area contributed by atoms with Gasteiger partial charge in [0, 0.05) is 0 Å². The van der Waals surface area contributed by atoms with Gasteiger partial charge in [0.15, 0.2) is 5.13 Å². The Labute approximate surface area is 224 Å². The summed E-state index contributed by atoms with van der Waals surface area (Å²) in [4.78, 5) is 23.8. The average molecular weight is 572 g/mol. The van der Waals surface area contributed by atoms with Gasteiger partial charge in [0.2, 0.25) is 15.9 Å². The number of halogens is 3. The molecule has 0 bridgehead atoms. The van der Waals surface area contributed by atoms with E-state index in [9.17, 15) is 26.4 Å². The van der Waals surface area contributed by atoms with E-state index in [4.69, 9.17) is 0 Å². The van der Waals surface area contributed by atoms with Crippen LogP contribution in [-0.2, 0) is 27.4 Å². The molecule has 0 saturated carbocycles. The smallest absolute Gasteiger partial charge is 0.351 e. The predicted molar refractivity (Wildman–Crippen MR) is 142 cm³/mol. The number of thiazole rings is 1. The molecular weight excluding hydrogens is 551 g/mol. The molecular formula is C26H20F3N5O3S2. The van der Waals surface area contributed by atoms with Gasteiger partial charge in [0.1, 0.15) is 11.1 Å². The first kappa shape index (κ1) is 25.3. The fourth-order valence-electron chi connectivity index (χ4n) is 4.62. The largest absolute Gasteiger partial charge is 0.416 e. The lowest BCUT2D eigenvalue weighted by Gasteiger charge is -2.17. The van der Waals surface area contributed by atoms with Gasteiger partial charge in [0.25, 0.3) is 0 Å². The quantitative estimate of drug-likeness (QED) is 0.249. The van der Waals surface area contributed by atoms with E-state index >= 15 is 0 Å². The number of nitrogens with one attached hydrogen (secondary N) is 3. The molecule has 13 heteroatoms. The van der Waals surface area contributed by atoms with Crippen molar-refractivity contribution in [3.05, 3.63) is 89.2 Å². The third-order valence-electron chi connectivity index (χ3n) is 6.54. The summed E-state index contributed by atoms with van der Waals surface area (Å²) < 4.78 is 67.2. The van der Waals surface area contributed by atoms with Crippen LogP contribution in [0.15, 0.2) is 66.7 Å². The maximum Gasteiger partial charge on any atom is 0.416 e. The molecule has 39 heavy (non-hydrogen) atoms. The number of hydrogen-bond donors (Lipinski definition) is 3. The van der Waals surface area contributed by atoms with Gasteiger partial charge in [-0.1, -0.05) is 47.7 Å². The van der Waals surface area contributed by atoms with E-state index in [0.717, 1.165) is 27.9 Å². The summed E-state index contributed by atoms with van der Waals surface area (Å²) in [6.07, 6.45) is -4.24. The Bertz CT molecular complexity index is 1780. The number of fused-ring (bicyclic) bond motifs is 2. The second-order valence-corrected chi connectivity index (χ2v) is 12.1. The van der Waals surface area contributed by atoms with Crippen molar-refractivity contribution in [2.45, 2.75) is 30.3 Å². The number of aromatic amines is 1. The molecule has 8 nitrogen and oxygen atoms in total. The normalized spacial score (nSPS) is 17.9. The standard InChI is InChI=1S/C26H20F3N5O3S2/c27-26(28,29)16-9-10-17-19(12-16)31-24(30-17)20(33-25-32-18-3-1-2-4-21(18)38-25)11-14-5-7-15(8-6-14)22-13-23(35)34-39(22,36)37/h1-10,12,20,22H,11,13H2,(H,30,31)(H,32,33)(H,34,35)/t20-,22?/m0/s1. The summed E-state index contributed by atoms with van der Waals surface area (Å²) in [5.41, 5.74) is 2.02. The first-order valence-electron chi connectivity index (χ1n) is 11.9. The first-order valence-corrected chi connectivity index (χ1v) is 14.2. The van der Waals surface area contributed by atoms with Crippen molar-refractivity contribution in [2.75, 3.05) is 5.32 Å². The van der Waals surface area contributed by atoms with Crippen LogP contribution in [0.1, 0.15) is 40.2 Å². The lowest BCUT2D eigenvalue weighted by molar-refractivity contribution is -0.137. The maximum atomic E-state index is 13.3. The lowest BCUT2D eigenvalue weighted by Crippen LogP contribution is -2.21. The zero-order chi connectivity index (χ0) is 27.4. The molecule has 2 atom stereocenters. The van der Waals surface area contributed by atoms with Crippen molar-refractivity contribution in [1.82, 2.24) is 19.7 Å². The highest BCUT2D eigenvalue weighted by atomic mass is 32.2. The molecule has 1 aliphatic heterocycles. The summed E-state index contributed by atoms with van der Waals surface area (Å²) in [6, 6.07) is 17.4. The van der Waals surface area contributed by atoms with Gasteiger partial charge in [-0.25, -0.2) is 18.4 Å². The number of carbonyl (C=O) groups is 1. The van der Waals surface area contributed by atoms with Crippen LogP contribution in [-0.4, -0.2) is 29.3 Å². The second-order valence-electron chi connectivity index (χ2n) is 9.24. The number of carbonyl (C=O) groups excluding carboxylic acids is 1. The first-order chi connectivity index (χ1) is 18.5. The monoisotopic (exact) mass is 571 g/mol. The van der Waals surface area contributed by atoms with Gasteiger partial charge in [-0.2, -0.15) is 13.2 Å². The number of sulfonamides is 1. The number of anilines is 1. The van der Waals surface area contributed by atoms with Crippen molar-refractivity contribution in [1.29, 1.82) is 0 Å². The van der Waals surface area contributed by atoms with Crippen LogP contribution in [0.4, 0.5) is 18.3 Å². The lowest BCUT2D eigenvalue weighted by atomic mass is 10.0. The molecule has 0 radical (unpaired) electrons. The Hall–Kier alpha value is -3.97. The second kappa shape index (κ2) is 9.35. The number of hydrogen-bond acceptors (Lipinski definition) is 7. The molecule has 200 valence electrons. The van der Waals surface area contributed by atoms with Crippen LogP contribution in [0.5, 0.6) is 0 Å². The molecule has 1 aliphatic rings. The van der Waals surface area contributed by atoms with Crippen LogP contribution >= 0.6 is 11.3 Å². The molecule has 3 N–H and O–H groups in total. The molecule has 0 aliphatic carbocycles. The third kappa shape index (κ3) is 5.06. The van der Waals surface area contributed by atoms with Gasteiger partial charge in [-0.15, -0.1) is 0 Å². The summed E-state index contributed by atoms with van der Waals surface area (Å²) in [7, 11) is -3.76. The van der Waals surface area contributed by atoms with Gasteiger partial charge in [-0.05, 0) is 47.9 Å². The highest BCUT2D eigenvalue weighted by Crippen LogP contribution is 2.34. The number of alkyl halides is 3. The van der Waals surface area contributed by atoms with E-state index in [0.29, 0.717) is 28.5 Å². The van der Waals surface area contributed by atoms with Crippen molar-refractivity contribution in [3.63, 3.8) is 0 Å². The van der Waals surface area contributed by atoms with Gasteiger partial charge >= 0.3 is 6.18 Å². The Morgan fingerprint density at radius 2 is 1.79 bits per heavy atom. The van der Waals surface area contributed by atoms with E-state index in [1.54, 1.807) is 24.3 Å². The number of amides is 1. The topological polar surface area (TPSA) is 117 Å². The number of rotatable bonds is 6. The Balaban J connectivity index is 1.33. The molecule has 3 heterocycles. The zero-order valence-corrected chi connectivity index (χ0v) is 21.6. The minimum absolute atomic E-state index is 0.137. The molecule has 6 rings (SSSR count). The van der Waals surface area contributed by atoms with Gasteiger partial charge in [0.05, 0.1) is 39.3 Å². The van der Waals surface area contributed by atoms with Crippen LogP contribution < -0.4 is 10.0 Å². The molecule has 2 aromatic heterocycles. The maximum absolute atomic E-state index is 13.3. The number of H-pyrrole nitrogens is 1. The Kier molecular flexibility index (Phi) is 6.07. The van der Waals surface area contributed by atoms with Gasteiger partial charge < -0.3 is 10.3 Å². The minimum atomic E-state index is -4.48. The fraction of sp³-hybridized carbons (Fsp3) is 0.192. The summed E-state index contributed by atoms with van der Waals surface area (Å²) in [5, 5.41) is 3.04. The van der Waals surface area contributed by atoms with E-state index in [1.807, 2.05) is 29.0 Å². The van der Waals surface area contributed by atoms with Crippen LogP contribution in [0.3, 0.4) is 0 Å². The van der Waals surface area contributed by atoms with Crippen LogP contribution in [0, 0.1) is 0 Å². The number of benzene rings is 3. The third-order valence-corrected chi connectivity index (χ3v) is 9.21. The zero-order valence-electron chi connectivity index (χ0n) is 20.0. The van der Waals surface area contributed by atoms with E-state index in [2.05, 4.69) is 20.3 Å². The number of aromatic nitrogens is 3. The Morgan fingerprint density at radius 1 is 1.03 bits per heavy atom. The molecule has 5 aromatic rings. The van der Waals surface area contributed by atoms with E-state index in [-0.39, 0.29) is 11.9 Å². The molecule has 3 aromatic carbocycles. The molecule has 1 saturated heterocycles. The number of nitrogens with zero attached hydrogens (tertiary/aromatic N) is 2. The minimum Gasteiger partial charge on any atom is -0.351 e. The number of imidazole rings is 1. The SMILES string of the molecule is O=C1CC(c2ccc(C[C@H](Nc3nc4ccccc4s3)c3nc4ccc(C(F)(F)F)cc4[nH]3)cc2)S(=O)(=O)N1. The summed E-state index contributed by atoms with van der Waals surface area (Å²) >= 11 is 1.44. The molecule has 0 spiro atoms. The molecule has 1 fully saturated rings. The van der Waals surface area contributed by atoms with E-state index in [1.165, 1.54) is 17.4 Å². The number of para-hydroxylation sites is 1. The molecule has 1 unspecified atom stereocenters. The van der Waals surface area contributed by atoms with Crippen molar-refractivity contribution >= 4 is 53.6 Å². The predicted octanol–water partition coefficient (Wildman–Crippen LogP) is 5.48. The highest BCUT2D eigenvalue weighted by Gasteiger charge is 2.37. The highest BCUT2D eigenvalue weighted by molar-refractivity contribution is 7.90. The van der Waals surface area contributed by atoms with Crippen molar-refractivity contribution in [2.24, 2.45) is 0 Å². The summed E-state index contributed by atoms with van der Waals surface area (Å²) in [5.74, 6) is -0.108.